The van der Waals surface area contributed by atoms with Crippen LogP contribution in [0.5, 0.6) is 0 Å². The van der Waals surface area contributed by atoms with Gasteiger partial charge in [-0.1, -0.05) is 11.3 Å². The highest BCUT2D eigenvalue weighted by molar-refractivity contribution is 14.1. The van der Waals surface area contributed by atoms with Crippen molar-refractivity contribution in [1.82, 2.24) is 4.98 Å². The minimum absolute atomic E-state index is 0.304. The molecule has 0 spiro atoms. The van der Waals surface area contributed by atoms with Crippen LogP contribution in [0.25, 0.3) is 10.2 Å². The summed E-state index contributed by atoms with van der Waals surface area (Å²) >= 11 is 3.36. The lowest BCUT2D eigenvalue weighted by molar-refractivity contribution is 0.00734. The van der Waals surface area contributed by atoms with Crippen LogP contribution in [0.15, 0.2) is 30.3 Å². The minimum Gasteiger partial charge on any atom is -0.456 e. The normalized spacial score (nSPS) is 11.6. The Labute approximate surface area is 168 Å². The first-order valence-corrected chi connectivity index (χ1v) is 9.89. The summed E-state index contributed by atoms with van der Waals surface area (Å²) in [7, 11) is 0. The molecule has 0 aliphatic carbocycles. The number of halogens is 2. The number of thiophene rings is 1. The van der Waals surface area contributed by atoms with Gasteiger partial charge in [0.2, 0.25) is 0 Å². The third-order valence-corrected chi connectivity index (χ3v) is 5.16. The average Bonchev–Trinajstić information content (AvgIpc) is 2.85. The van der Waals surface area contributed by atoms with Crippen LogP contribution in [0.3, 0.4) is 0 Å². The monoisotopic (exact) mass is 484 g/mol. The maximum absolute atomic E-state index is 14.3. The fourth-order valence-corrected chi connectivity index (χ4v) is 3.98. The molecular formula is C19H18FIN2O2S. The number of rotatable bonds is 3. The second-order valence-electron chi connectivity index (χ2n) is 6.86. The summed E-state index contributed by atoms with van der Waals surface area (Å²) in [5.41, 5.74) is 0.903. The number of carbonyl (C=O) groups excluding carboxylic acids is 1. The Morgan fingerprint density at radius 1 is 1.27 bits per heavy atom. The molecule has 0 fully saturated rings. The number of aromatic nitrogens is 1. The number of benzene rings is 1. The number of anilines is 2. The SMILES string of the molecule is Cc1ccc2c(C(=O)OC(C)(C)C)c(Nc3ccc(I)cc3F)sc2n1. The van der Waals surface area contributed by atoms with Crippen molar-refractivity contribution in [2.45, 2.75) is 33.3 Å². The predicted octanol–water partition coefficient (Wildman–Crippen LogP) is 6.05. The predicted molar refractivity (Wildman–Crippen MR) is 112 cm³/mol. The number of hydrogen-bond acceptors (Lipinski definition) is 5. The van der Waals surface area contributed by atoms with Crippen LogP contribution < -0.4 is 5.32 Å². The Kier molecular flexibility index (Phi) is 5.21. The molecule has 26 heavy (non-hydrogen) atoms. The summed E-state index contributed by atoms with van der Waals surface area (Å²) in [5.74, 6) is -0.837. The van der Waals surface area contributed by atoms with Gasteiger partial charge in [0.1, 0.15) is 26.8 Å². The van der Waals surface area contributed by atoms with Gasteiger partial charge in [-0.25, -0.2) is 14.2 Å². The van der Waals surface area contributed by atoms with Gasteiger partial charge in [0.05, 0.1) is 5.69 Å². The molecule has 0 atom stereocenters. The molecule has 136 valence electrons. The van der Waals surface area contributed by atoms with Gasteiger partial charge in [0.25, 0.3) is 0 Å². The summed E-state index contributed by atoms with van der Waals surface area (Å²) in [6.45, 7) is 7.33. The van der Waals surface area contributed by atoms with E-state index in [1.54, 1.807) is 12.1 Å². The molecule has 3 aromatic rings. The number of nitrogens with zero attached hydrogens (tertiary/aromatic N) is 1. The summed E-state index contributed by atoms with van der Waals surface area (Å²) in [5, 5.41) is 4.26. The number of nitrogens with one attached hydrogen (secondary N) is 1. The van der Waals surface area contributed by atoms with Crippen molar-refractivity contribution in [3.8, 4) is 0 Å². The number of ether oxygens (including phenoxy) is 1. The van der Waals surface area contributed by atoms with E-state index < -0.39 is 11.6 Å². The number of pyridine rings is 1. The molecule has 0 saturated heterocycles. The second kappa shape index (κ2) is 7.11. The van der Waals surface area contributed by atoms with E-state index in [1.165, 1.54) is 17.4 Å². The highest BCUT2D eigenvalue weighted by Crippen LogP contribution is 2.38. The van der Waals surface area contributed by atoms with Gasteiger partial charge in [-0.2, -0.15) is 0 Å². The van der Waals surface area contributed by atoms with E-state index in [-0.39, 0.29) is 5.82 Å². The topological polar surface area (TPSA) is 51.2 Å². The third-order valence-electron chi connectivity index (χ3n) is 3.48. The van der Waals surface area contributed by atoms with Gasteiger partial charge < -0.3 is 10.1 Å². The third kappa shape index (κ3) is 4.15. The van der Waals surface area contributed by atoms with Gasteiger partial charge in [-0.3, -0.25) is 0 Å². The lowest BCUT2D eigenvalue weighted by Gasteiger charge is -2.20. The fourth-order valence-electron chi connectivity index (χ4n) is 2.40. The molecule has 0 aliphatic heterocycles. The largest absolute Gasteiger partial charge is 0.456 e. The van der Waals surface area contributed by atoms with Crippen LogP contribution in [0, 0.1) is 16.3 Å². The Morgan fingerprint density at radius 2 is 2.00 bits per heavy atom. The summed E-state index contributed by atoms with van der Waals surface area (Å²) < 4.78 is 20.6. The summed E-state index contributed by atoms with van der Waals surface area (Å²) in [6.07, 6.45) is 0. The molecule has 7 heteroatoms. The van der Waals surface area contributed by atoms with Crippen molar-refractivity contribution >= 4 is 60.8 Å². The van der Waals surface area contributed by atoms with E-state index in [1.807, 2.05) is 39.8 Å². The van der Waals surface area contributed by atoms with E-state index in [9.17, 15) is 9.18 Å². The molecular weight excluding hydrogens is 466 g/mol. The number of fused-ring (bicyclic) bond motifs is 1. The number of aryl methyl sites for hydroxylation is 1. The molecule has 3 rings (SSSR count). The van der Waals surface area contributed by atoms with Crippen molar-refractivity contribution in [2.75, 3.05) is 5.32 Å². The number of esters is 1. The second-order valence-corrected chi connectivity index (χ2v) is 9.11. The molecule has 0 saturated carbocycles. The lowest BCUT2D eigenvalue weighted by Crippen LogP contribution is -2.24. The maximum atomic E-state index is 14.3. The lowest BCUT2D eigenvalue weighted by atomic mass is 10.1. The Balaban J connectivity index is 2.11. The van der Waals surface area contributed by atoms with Crippen LogP contribution in [0.2, 0.25) is 0 Å². The fraction of sp³-hybridized carbons (Fsp3) is 0.263. The highest BCUT2D eigenvalue weighted by Gasteiger charge is 2.26. The number of hydrogen-bond donors (Lipinski definition) is 1. The standard InChI is InChI=1S/C19H18FIN2O2S/c1-10-5-7-12-15(18(24)25-19(2,3)4)17(26-16(12)22-10)23-14-8-6-11(21)9-13(14)20/h5-9,23H,1-4H3. The zero-order valence-electron chi connectivity index (χ0n) is 14.8. The molecule has 1 aromatic carbocycles. The first-order valence-electron chi connectivity index (χ1n) is 7.99. The first-order chi connectivity index (χ1) is 12.1. The maximum Gasteiger partial charge on any atom is 0.342 e. The molecule has 1 N–H and O–H groups in total. The van der Waals surface area contributed by atoms with E-state index in [0.29, 0.717) is 26.5 Å². The van der Waals surface area contributed by atoms with E-state index in [0.717, 1.165) is 9.26 Å². The molecule has 4 nitrogen and oxygen atoms in total. The zero-order chi connectivity index (χ0) is 19.1. The Hall–Kier alpha value is -1.74. The molecule has 0 amide bonds. The number of carbonyl (C=O) groups is 1. The van der Waals surface area contributed by atoms with Gasteiger partial charge in [0.15, 0.2) is 0 Å². The van der Waals surface area contributed by atoms with Gasteiger partial charge >= 0.3 is 5.97 Å². The van der Waals surface area contributed by atoms with Crippen LogP contribution in [-0.4, -0.2) is 16.6 Å². The van der Waals surface area contributed by atoms with Crippen LogP contribution in [0.1, 0.15) is 36.8 Å². The molecule has 0 unspecified atom stereocenters. The zero-order valence-corrected chi connectivity index (χ0v) is 17.8. The smallest absolute Gasteiger partial charge is 0.342 e. The van der Waals surface area contributed by atoms with Crippen LogP contribution in [-0.2, 0) is 4.74 Å². The van der Waals surface area contributed by atoms with Crippen molar-refractivity contribution in [2.24, 2.45) is 0 Å². The summed E-state index contributed by atoms with van der Waals surface area (Å²) in [6, 6.07) is 8.58. The molecule has 2 heterocycles. The van der Waals surface area contributed by atoms with E-state index in [4.69, 9.17) is 4.74 Å². The Morgan fingerprint density at radius 3 is 2.65 bits per heavy atom. The van der Waals surface area contributed by atoms with Crippen molar-refractivity contribution in [3.05, 3.63) is 51.0 Å². The van der Waals surface area contributed by atoms with Crippen molar-refractivity contribution in [3.63, 3.8) is 0 Å². The van der Waals surface area contributed by atoms with Crippen LogP contribution >= 0.6 is 33.9 Å². The molecule has 0 bridgehead atoms. The van der Waals surface area contributed by atoms with E-state index in [2.05, 4.69) is 32.9 Å². The highest BCUT2D eigenvalue weighted by atomic mass is 127. The van der Waals surface area contributed by atoms with Crippen LogP contribution in [0.4, 0.5) is 15.1 Å². The molecule has 2 aromatic heterocycles. The van der Waals surface area contributed by atoms with E-state index >= 15 is 0 Å². The van der Waals surface area contributed by atoms with Gasteiger partial charge in [-0.05, 0) is 80.6 Å². The summed E-state index contributed by atoms with van der Waals surface area (Å²) in [4.78, 5) is 18.0. The van der Waals surface area contributed by atoms with Gasteiger partial charge in [0, 0.05) is 14.7 Å². The average molecular weight is 484 g/mol. The molecule has 0 aliphatic rings. The Bertz CT molecular complexity index is 995. The minimum atomic E-state index is -0.630. The van der Waals surface area contributed by atoms with Gasteiger partial charge in [-0.15, -0.1) is 0 Å². The van der Waals surface area contributed by atoms with Crippen molar-refractivity contribution in [1.29, 1.82) is 0 Å². The first kappa shape index (κ1) is 19.0. The van der Waals surface area contributed by atoms with Crippen molar-refractivity contribution < 1.29 is 13.9 Å². The quantitative estimate of drug-likeness (QED) is 0.364. The molecule has 0 radical (unpaired) electrons.